The number of carbonyl (C=O) groups is 3. The fourth-order valence-electron chi connectivity index (χ4n) is 2.64. The monoisotopic (exact) mass is 383 g/mol. The van der Waals surface area contributed by atoms with E-state index in [1.165, 1.54) is 0 Å². The average Bonchev–Trinajstić information content (AvgIpc) is 2.67. The van der Waals surface area contributed by atoms with E-state index in [-0.39, 0.29) is 25.3 Å². The van der Waals surface area contributed by atoms with Crippen molar-refractivity contribution in [3.05, 3.63) is 60.2 Å². The van der Waals surface area contributed by atoms with Crippen molar-refractivity contribution in [3.8, 4) is 0 Å². The minimum atomic E-state index is -1.03. The van der Waals surface area contributed by atoms with E-state index in [0.29, 0.717) is 5.69 Å². The first-order chi connectivity index (χ1) is 13.4. The summed E-state index contributed by atoms with van der Waals surface area (Å²) in [7, 11) is 3.87. The van der Waals surface area contributed by atoms with Gasteiger partial charge in [0.25, 0.3) is 0 Å². The van der Waals surface area contributed by atoms with Crippen LogP contribution in [-0.2, 0) is 14.4 Å². The van der Waals surface area contributed by atoms with Crippen molar-refractivity contribution in [2.45, 2.75) is 18.8 Å². The van der Waals surface area contributed by atoms with Crippen molar-refractivity contribution >= 4 is 29.2 Å². The Morgan fingerprint density at radius 3 is 2.18 bits per heavy atom. The molecule has 2 aromatic carbocycles. The molecule has 7 heteroatoms. The number of aliphatic carboxylic acids is 1. The highest BCUT2D eigenvalue weighted by Crippen LogP contribution is 2.20. The van der Waals surface area contributed by atoms with Gasteiger partial charge in [0, 0.05) is 38.4 Å². The van der Waals surface area contributed by atoms with Crippen LogP contribution in [0.25, 0.3) is 0 Å². The molecule has 0 aliphatic rings. The van der Waals surface area contributed by atoms with E-state index in [9.17, 15) is 14.4 Å². The first-order valence-corrected chi connectivity index (χ1v) is 8.98. The van der Waals surface area contributed by atoms with Crippen LogP contribution in [0.4, 0.5) is 11.4 Å². The highest BCUT2D eigenvalue weighted by Gasteiger charge is 2.21. The number of carboxylic acid groups (broad SMARTS) is 1. The first kappa shape index (κ1) is 21.0. The van der Waals surface area contributed by atoms with E-state index < -0.39 is 17.8 Å². The van der Waals surface area contributed by atoms with Crippen molar-refractivity contribution in [3.63, 3.8) is 0 Å². The number of carboxylic acids is 1. The molecule has 2 aromatic rings. The maximum absolute atomic E-state index is 12.8. The van der Waals surface area contributed by atoms with Crippen LogP contribution in [0.5, 0.6) is 0 Å². The molecule has 0 saturated heterocycles. The van der Waals surface area contributed by atoms with Gasteiger partial charge in [0.15, 0.2) is 0 Å². The number of rotatable bonds is 9. The van der Waals surface area contributed by atoms with Gasteiger partial charge >= 0.3 is 5.97 Å². The van der Waals surface area contributed by atoms with Crippen LogP contribution in [0.3, 0.4) is 0 Å². The Morgan fingerprint density at radius 2 is 1.61 bits per heavy atom. The maximum atomic E-state index is 12.8. The lowest BCUT2D eigenvalue weighted by Crippen LogP contribution is -2.34. The van der Waals surface area contributed by atoms with Crippen LogP contribution < -0.4 is 15.5 Å². The van der Waals surface area contributed by atoms with Crippen molar-refractivity contribution in [1.29, 1.82) is 0 Å². The summed E-state index contributed by atoms with van der Waals surface area (Å²) in [5.41, 5.74) is 2.44. The molecule has 148 valence electrons. The maximum Gasteiger partial charge on any atom is 0.303 e. The predicted molar refractivity (Wildman–Crippen MR) is 108 cm³/mol. The van der Waals surface area contributed by atoms with Gasteiger partial charge in [0.1, 0.15) is 0 Å². The molecule has 2 amide bonds. The summed E-state index contributed by atoms with van der Waals surface area (Å²) < 4.78 is 0. The summed E-state index contributed by atoms with van der Waals surface area (Å²) in [6.45, 7) is 0.0874. The zero-order chi connectivity index (χ0) is 20.5. The van der Waals surface area contributed by atoms with E-state index in [2.05, 4.69) is 10.6 Å². The van der Waals surface area contributed by atoms with Gasteiger partial charge in [-0.3, -0.25) is 14.4 Å². The van der Waals surface area contributed by atoms with Gasteiger partial charge in [-0.05, 0) is 29.8 Å². The Kier molecular flexibility index (Phi) is 7.56. The number of benzene rings is 2. The summed E-state index contributed by atoms with van der Waals surface area (Å²) >= 11 is 0. The summed E-state index contributed by atoms with van der Waals surface area (Å²) in [4.78, 5) is 37.3. The third-order valence-corrected chi connectivity index (χ3v) is 4.24. The number of amides is 2. The van der Waals surface area contributed by atoms with Crippen LogP contribution >= 0.6 is 0 Å². The summed E-state index contributed by atoms with van der Waals surface area (Å²) in [6, 6.07) is 16.6. The number of hydrogen-bond donors (Lipinski definition) is 3. The second kappa shape index (κ2) is 10.1. The molecule has 7 nitrogen and oxygen atoms in total. The largest absolute Gasteiger partial charge is 0.481 e. The number of hydrogen-bond acceptors (Lipinski definition) is 4. The molecule has 0 unspecified atom stereocenters. The first-order valence-electron chi connectivity index (χ1n) is 8.98. The average molecular weight is 383 g/mol. The molecule has 0 bridgehead atoms. The van der Waals surface area contributed by atoms with E-state index in [1.807, 2.05) is 73.6 Å². The number of nitrogens with one attached hydrogen (secondary N) is 2. The molecule has 0 spiro atoms. The molecule has 0 aliphatic carbocycles. The normalized spacial score (nSPS) is 11.4. The van der Waals surface area contributed by atoms with Crippen molar-refractivity contribution < 1.29 is 19.5 Å². The summed E-state index contributed by atoms with van der Waals surface area (Å²) in [5.74, 6) is -2.27. The van der Waals surface area contributed by atoms with Gasteiger partial charge in [0.05, 0.1) is 12.3 Å². The zero-order valence-corrected chi connectivity index (χ0v) is 16.0. The Morgan fingerprint density at radius 1 is 0.964 bits per heavy atom. The molecule has 0 aromatic heterocycles. The lowest BCUT2D eigenvalue weighted by Gasteiger charge is -2.19. The van der Waals surface area contributed by atoms with Crippen LogP contribution in [0.1, 0.15) is 24.3 Å². The zero-order valence-electron chi connectivity index (χ0n) is 16.0. The molecule has 2 rings (SSSR count). The van der Waals surface area contributed by atoms with E-state index in [0.717, 1.165) is 11.3 Å². The Balaban J connectivity index is 2.07. The molecular weight excluding hydrogens is 358 g/mol. The van der Waals surface area contributed by atoms with Crippen LogP contribution in [0.15, 0.2) is 54.6 Å². The second-order valence-corrected chi connectivity index (χ2v) is 6.59. The molecule has 28 heavy (non-hydrogen) atoms. The standard InChI is InChI=1S/C21H25N3O4/c1-24(2)17-10-8-16(9-11-17)23-21(28)18(15-6-4-3-5-7-15)14-22-19(25)12-13-20(26)27/h3-11,18H,12-14H2,1-2H3,(H,22,25)(H,23,28)(H,26,27)/t18-/m1/s1. The number of carbonyl (C=O) groups excluding carboxylic acids is 2. The molecule has 1 atom stereocenters. The van der Waals surface area contributed by atoms with E-state index in [1.54, 1.807) is 0 Å². The lowest BCUT2D eigenvalue weighted by atomic mass is 9.97. The third-order valence-electron chi connectivity index (χ3n) is 4.24. The minimum Gasteiger partial charge on any atom is -0.481 e. The Hall–Kier alpha value is -3.35. The molecule has 0 aliphatic heterocycles. The fourth-order valence-corrected chi connectivity index (χ4v) is 2.64. The number of anilines is 2. The van der Waals surface area contributed by atoms with Crippen LogP contribution in [0.2, 0.25) is 0 Å². The van der Waals surface area contributed by atoms with E-state index in [4.69, 9.17) is 5.11 Å². The van der Waals surface area contributed by atoms with Gasteiger partial charge in [-0.25, -0.2) is 0 Å². The summed E-state index contributed by atoms with van der Waals surface area (Å²) in [6.07, 6.45) is -0.364. The third kappa shape index (κ3) is 6.42. The molecule has 0 fully saturated rings. The Bertz CT molecular complexity index is 804. The number of nitrogens with zero attached hydrogens (tertiary/aromatic N) is 1. The fraction of sp³-hybridized carbons (Fsp3) is 0.286. The molecule has 0 heterocycles. The second-order valence-electron chi connectivity index (χ2n) is 6.59. The molecule has 0 saturated carbocycles. The van der Waals surface area contributed by atoms with Crippen molar-refractivity contribution in [1.82, 2.24) is 5.32 Å². The molecule has 0 radical (unpaired) electrons. The smallest absolute Gasteiger partial charge is 0.303 e. The van der Waals surface area contributed by atoms with Gasteiger partial charge in [-0.15, -0.1) is 0 Å². The van der Waals surface area contributed by atoms with Crippen LogP contribution in [0, 0.1) is 0 Å². The predicted octanol–water partition coefficient (Wildman–Crippen LogP) is 2.46. The highest BCUT2D eigenvalue weighted by molar-refractivity contribution is 5.96. The van der Waals surface area contributed by atoms with Gasteiger partial charge in [-0.2, -0.15) is 0 Å². The molecular formula is C21H25N3O4. The topological polar surface area (TPSA) is 98.7 Å². The lowest BCUT2D eigenvalue weighted by molar-refractivity contribution is -0.138. The quantitative estimate of drug-likeness (QED) is 0.618. The SMILES string of the molecule is CN(C)c1ccc(NC(=O)[C@H](CNC(=O)CCC(=O)O)c2ccccc2)cc1. The highest BCUT2D eigenvalue weighted by atomic mass is 16.4. The van der Waals surface area contributed by atoms with E-state index >= 15 is 0 Å². The van der Waals surface area contributed by atoms with Gasteiger partial charge in [-0.1, -0.05) is 30.3 Å². The van der Waals surface area contributed by atoms with Gasteiger partial charge < -0.3 is 20.6 Å². The minimum absolute atomic E-state index is 0.0874. The van der Waals surface area contributed by atoms with Crippen molar-refractivity contribution in [2.75, 3.05) is 30.9 Å². The van der Waals surface area contributed by atoms with Gasteiger partial charge in [0.2, 0.25) is 11.8 Å². The molecule has 3 N–H and O–H groups in total. The summed E-state index contributed by atoms with van der Waals surface area (Å²) in [5, 5.41) is 14.2. The Labute approximate surface area is 164 Å². The van der Waals surface area contributed by atoms with Crippen LogP contribution in [-0.4, -0.2) is 43.5 Å². The van der Waals surface area contributed by atoms with Crippen molar-refractivity contribution in [2.24, 2.45) is 0 Å².